The van der Waals surface area contributed by atoms with Crippen LogP contribution in [0, 0.1) is 6.92 Å². The van der Waals surface area contributed by atoms with Crippen molar-refractivity contribution in [1.29, 1.82) is 0 Å². The van der Waals surface area contributed by atoms with Crippen LogP contribution >= 0.6 is 0 Å². The minimum Gasteiger partial charge on any atom is -0.311 e. The molecular weight excluding hydrogens is 200 g/mol. The Balaban J connectivity index is 1.70. The second-order valence-corrected chi connectivity index (χ2v) is 3.82. The molecule has 0 radical (unpaired) electrons. The third kappa shape index (κ3) is 3.17. The summed E-state index contributed by atoms with van der Waals surface area (Å²) in [5.41, 5.74) is 2.61. The fourth-order valence-electron chi connectivity index (χ4n) is 1.48. The van der Waals surface area contributed by atoms with Crippen molar-refractivity contribution in [1.82, 2.24) is 20.1 Å². The van der Waals surface area contributed by atoms with Gasteiger partial charge in [0.05, 0.1) is 6.54 Å². The lowest BCUT2D eigenvalue weighted by Crippen LogP contribution is -2.19. The quantitative estimate of drug-likeness (QED) is 0.768. The highest BCUT2D eigenvalue weighted by Crippen LogP contribution is 2.02. The molecule has 0 aliphatic rings. The van der Waals surface area contributed by atoms with Gasteiger partial charge in [-0.2, -0.15) is 5.10 Å². The summed E-state index contributed by atoms with van der Waals surface area (Å²) in [6.45, 7) is 4.75. The van der Waals surface area contributed by atoms with E-state index >= 15 is 0 Å². The summed E-state index contributed by atoms with van der Waals surface area (Å²) in [7, 11) is 0. The second-order valence-electron chi connectivity index (χ2n) is 3.82. The normalized spacial score (nSPS) is 10.6. The van der Waals surface area contributed by atoms with E-state index in [-0.39, 0.29) is 0 Å². The Kier molecular flexibility index (Phi) is 3.66. The monoisotopic (exact) mass is 216 g/mol. The molecule has 2 aromatic rings. The van der Waals surface area contributed by atoms with Crippen molar-refractivity contribution in [2.24, 2.45) is 0 Å². The van der Waals surface area contributed by atoms with Crippen molar-refractivity contribution in [2.75, 3.05) is 6.54 Å². The van der Waals surface area contributed by atoms with Gasteiger partial charge in [0, 0.05) is 13.1 Å². The molecule has 0 unspecified atom stereocenters. The summed E-state index contributed by atoms with van der Waals surface area (Å²) in [5.74, 6) is 0. The summed E-state index contributed by atoms with van der Waals surface area (Å²) in [4.78, 5) is 3.89. The van der Waals surface area contributed by atoms with E-state index in [1.807, 2.05) is 4.68 Å². The molecule has 84 valence electrons. The average Bonchev–Trinajstić information content (AvgIpc) is 2.80. The van der Waals surface area contributed by atoms with Gasteiger partial charge in [0.15, 0.2) is 0 Å². The zero-order chi connectivity index (χ0) is 11.2. The van der Waals surface area contributed by atoms with Crippen LogP contribution in [-0.4, -0.2) is 21.3 Å². The molecule has 1 N–H and O–H groups in total. The minimum atomic E-state index is 0.853. The second kappa shape index (κ2) is 5.42. The average molecular weight is 216 g/mol. The topological polar surface area (TPSA) is 42.7 Å². The first-order valence-electron chi connectivity index (χ1n) is 5.43. The number of rotatable bonds is 5. The number of nitrogens with zero attached hydrogens (tertiary/aromatic N) is 3. The molecule has 0 saturated carbocycles. The lowest BCUT2D eigenvalue weighted by atomic mass is 10.1. The number of nitrogens with one attached hydrogen (secondary N) is 1. The smallest absolute Gasteiger partial charge is 0.137 e. The van der Waals surface area contributed by atoms with Crippen LogP contribution in [0.4, 0.5) is 0 Å². The fraction of sp³-hybridized carbons (Fsp3) is 0.333. The fourth-order valence-corrected chi connectivity index (χ4v) is 1.48. The summed E-state index contributed by atoms with van der Waals surface area (Å²) < 4.78 is 1.82. The van der Waals surface area contributed by atoms with E-state index in [1.165, 1.54) is 11.1 Å². The van der Waals surface area contributed by atoms with E-state index in [9.17, 15) is 0 Å². The predicted molar refractivity (Wildman–Crippen MR) is 62.9 cm³/mol. The number of aromatic nitrogens is 3. The van der Waals surface area contributed by atoms with E-state index in [0.29, 0.717) is 0 Å². The van der Waals surface area contributed by atoms with Crippen molar-refractivity contribution >= 4 is 0 Å². The molecule has 0 bridgehead atoms. The largest absolute Gasteiger partial charge is 0.311 e. The molecule has 1 heterocycles. The van der Waals surface area contributed by atoms with Crippen molar-refractivity contribution in [3.05, 3.63) is 48.0 Å². The van der Waals surface area contributed by atoms with Crippen molar-refractivity contribution < 1.29 is 0 Å². The van der Waals surface area contributed by atoms with Crippen LogP contribution < -0.4 is 5.32 Å². The molecule has 4 heteroatoms. The molecule has 0 fully saturated rings. The zero-order valence-electron chi connectivity index (χ0n) is 9.43. The Labute approximate surface area is 95.3 Å². The first kappa shape index (κ1) is 10.8. The summed E-state index contributed by atoms with van der Waals surface area (Å²) >= 11 is 0. The SMILES string of the molecule is Cc1ccc(CNCCn2cncn2)cc1. The van der Waals surface area contributed by atoms with Gasteiger partial charge in [-0.25, -0.2) is 4.98 Å². The standard InChI is InChI=1S/C12H16N4/c1-11-2-4-12(5-3-11)8-13-6-7-16-10-14-9-15-16/h2-5,9-10,13H,6-8H2,1H3. The highest BCUT2D eigenvalue weighted by molar-refractivity contribution is 5.20. The number of hydrogen-bond donors (Lipinski definition) is 1. The Bertz CT molecular complexity index is 405. The van der Waals surface area contributed by atoms with Gasteiger partial charge in [-0.1, -0.05) is 29.8 Å². The Morgan fingerprint density at radius 1 is 1.25 bits per heavy atom. The molecule has 0 saturated heterocycles. The maximum Gasteiger partial charge on any atom is 0.137 e. The molecule has 0 atom stereocenters. The molecule has 0 amide bonds. The van der Waals surface area contributed by atoms with E-state index in [1.54, 1.807) is 12.7 Å². The van der Waals surface area contributed by atoms with E-state index in [4.69, 9.17) is 0 Å². The van der Waals surface area contributed by atoms with Crippen LogP contribution in [0.1, 0.15) is 11.1 Å². The van der Waals surface area contributed by atoms with E-state index < -0.39 is 0 Å². The molecule has 0 aliphatic heterocycles. The van der Waals surface area contributed by atoms with Crippen LogP contribution in [0.15, 0.2) is 36.9 Å². The van der Waals surface area contributed by atoms with Crippen molar-refractivity contribution in [3.8, 4) is 0 Å². The molecule has 4 nitrogen and oxygen atoms in total. The first-order chi connectivity index (χ1) is 7.84. The van der Waals surface area contributed by atoms with Gasteiger partial charge in [-0.3, -0.25) is 4.68 Å². The molecular formula is C12H16N4. The van der Waals surface area contributed by atoms with E-state index in [2.05, 4.69) is 46.6 Å². The molecule has 1 aromatic heterocycles. The van der Waals surface area contributed by atoms with E-state index in [0.717, 1.165) is 19.6 Å². The highest BCUT2D eigenvalue weighted by atomic mass is 15.3. The van der Waals surface area contributed by atoms with Crippen LogP contribution in [0.5, 0.6) is 0 Å². The van der Waals surface area contributed by atoms with Crippen LogP contribution in [0.25, 0.3) is 0 Å². The molecule has 2 rings (SSSR count). The number of aryl methyl sites for hydroxylation is 1. The van der Waals surface area contributed by atoms with Gasteiger partial charge in [0.2, 0.25) is 0 Å². The minimum absolute atomic E-state index is 0.853. The molecule has 16 heavy (non-hydrogen) atoms. The lowest BCUT2D eigenvalue weighted by Gasteiger charge is -2.05. The number of hydrogen-bond acceptors (Lipinski definition) is 3. The predicted octanol–water partition coefficient (Wildman–Crippen LogP) is 1.38. The van der Waals surface area contributed by atoms with Gasteiger partial charge in [0.25, 0.3) is 0 Å². The Hall–Kier alpha value is -1.68. The van der Waals surface area contributed by atoms with Gasteiger partial charge in [0.1, 0.15) is 12.7 Å². The molecule has 1 aromatic carbocycles. The zero-order valence-corrected chi connectivity index (χ0v) is 9.43. The van der Waals surface area contributed by atoms with Gasteiger partial charge in [-0.15, -0.1) is 0 Å². The van der Waals surface area contributed by atoms with Crippen LogP contribution in [-0.2, 0) is 13.1 Å². The van der Waals surface area contributed by atoms with Crippen molar-refractivity contribution in [2.45, 2.75) is 20.0 Å². The highest BCUT2D eigenvalue weighted by Gasteiger charge is 1.93. The van der Waals surface area contributed by atoms with Crippen molar-refractivity contribution in [3.63, 3.8) is 0 Å². The first-order valence-corrected chi connectivity index (χ1v) is 5.43. The third-order valence-electron chi connectivity index (χ3n) is 2.43. The maximum atomic E-state index is 4.04. The number of benzene rings is 1. The molecule has 0 aliphatic carbocycles. The molecule has 0 spiro atoms. The lowest BCUT2D eigenvalue weighted by molar-refractivity contribution is 0.554. The van der Waals surface area contributed by atoms with Gasteiger partial charge >= 0.3 is 0 Å². The summed E-state index contributed by atoms with van der Waals surface area (Å²) in [5, 5.41) is 7.41. The van der Waals surface area contributed by atoms with Gasteiger partial charge in [-0.05, 0) is 12.5 Å². The maximum absolute atomic E-state index is 4.04. The Morgan fingerprint density at radius 3 is 2.75 bits per heavy atom. The van der Waals surface area contributed by atoms with Gasteiger partial charge < -0.3 is 5.32 Å². The van der Waals surface area contributed by atoms with Crippen LogP contribution in [0.2, 0.25) is 0 Å². The van der Waals surface area contributed by atoms with Crippen LogP contribution in [0.3, 0.4) is 0 Å². The third-order valence-corrected chi connectivity index (χ3v) is 2.43. The summed E-state index contributed by atoms with van der Waals surface area (Å²) in [6.07, 6.45) is 3.29. The summed E-state index contributed by atoms with van der Waals surface area (Å²) in [6, 6.07) is 8.57. The Morgan fingerprint density at radius 2 is 2.06 bits per heavy atom.